The van der Waals surface area contributed by atoms with Crippen molar-refractivity contribution in [3.63, 3.8) is 0 Å². The Balaban J connectivity index is 1.87. The molecule has 0 aromatic heterocycles. The van der Waals surface area contributed by atoms with Crippen LogP contribution in [0.1, 0.15) is 30.0 Å². The molecule has 1 aliphatic heterocycles. The van der Waals surface area contributed by atoms with Gasteiger partial charge in [0.25, 0.3) is 0 Å². The van der Waals surface area contributed by atoms with Crippen LogP contribution < -0.4 is 9.47 Å². The molecule has 0 N–H and O–H groups in total. The summed E-state index contributed by atoms with van der Waals surface area (Å²) in [7, 11) is -0.352. The molecule has 0 amide bonds. The highest BCUT2D eigenvalue weighted by Gasteiger charge is 2.34. The average Bonchev–Trinajstić information content (AvgIpc) is 3.17. The van der Waals surface area contributed by atoms with Gasteiger partial charge in [-0.2, -0.15) is 4.31 Å². The van der Waals surface area contributed by atoms with Crippen molar-refractivity contribution in [2.45, 2.75) is 18.9 Å². The predicted octanol–water partition coefficient (Wildman–Crippen LogP) is 3.84. The molecule has 1 fully saturated rings. The van der Waals surface area contributed by atoms with Crippen molar-refractivity contribution in [1.82, 2.24) is 4.31 Å². The normalized spacial score (nSPS) is 18.3. The van der Waals surface area contributed by atoms with Crippen LogP contribution in [-0.2, 0) is 10.0 Å². The summed E-state index contributed by atoms with van der Waals surface area (Å²) in [6.45, 7) is 0.514. The number of sulfonamides is 1. The molecular weight excluding hydrogens is 350 g/mol. The molecule has 1 aliphatic rings. The van der Waals surface area contributed by atoms with Crippen LogP contribution in [0.25, 0.3) is 6.08 Å². The summed E-state index contributed by atoms with van der Waals surface area (Å²) in [6.07, 6.45) is 3.25. The van der Waals surface area contributed by atoms with Crippen molar-refractivity contribution < 1.29 is 17.9 Å². The number of hydrogen-bond acceptors (Lipinski definition) is 4. The fourth-order valence-corrected chi connectivity index (χ4v) is 4.70. The Morgan fingerprint density at radius 2 is 1.77 bits per heavy atom. The number of ether oxygens (including phenoxy) is 2. The van der Waals surface area contributed by atoms with Crippen LogP contribution in [0.15, 0.2) is 53.9 Å². The van der Waals surface area contributed by atoms with Crippen LogP contribution >= 0.6 is 0 Å². The van der Waals surface area contributed by atoms with E-state index >= 15 is 0 Å². The van der Waals surface area contributed by atoms with Crippen molar-refractivity contribution in [1.29, 1.82) is 0 Å². The predicted molar refractivity (Wildman–Crippen MR) is 103 cm³/mol. The van der Waals surface area contributed by atoms with Crippen LogP contribution in [0.2, 0.25) is 0 Å². The summed E-state index contributed by atoms with van der Waals surface area (Å²) in [5.74, 6) is 1.24. The first kappa shape index (κ1) is 18.5. The zero-order chi connectivity index (χ0) is 18.6. The number of benzene rings is 2. The quantitative estimate of drug-likeness (QED) is 0.772. The molecule has 1 unspecified atom stereocenters. The summed E-state index contributed by atoms with van der Waals surface area (Å²) in [4.78, 5) is 0. The van der Waals surface area contributed by atoms with Gasteiger partial charge in [-0.1, -0.05) is 36.4 Å². The molecule has 0 saturated carbocycles. The van der Waals surface area contributed by atoms with E-state index in [1.54, 1.807) is 24.6 Å². The summed E-state index contributed by atoms with van der Waals surface area (Å²) in [5.41, 5.74) is 1.77. The van der Waals surface area contributed by atoms with E-state index in [-0.39, 0.29) is 6.04 Å². The standard InChI is InChI=1S/C20H23NO4S/c1-24-19-11-10-17(15-20(19)25-2)18-9-6-13-21(18)26(22,23)14-12-16-7-4-3-5-8-16/h3-5,7-8,10-12,14-15,18H,6,9,13H2,1-2H3. The lowest BCUT2D eigenvalue weighted by atomic mass is 10.0. The molecule has 1 saturated heterocycles. The summed E-state index contributed by atoms with van der Waals surface area (Å²) < 4.78 is 37.9. The minimum atomic E-state index is -3.51. The van der Waals surface area contributed by atoms with Crippen LogP contribution in [-0.4, -0.2) is 33.5 Å². The maximum absolute atomic E-state index is 12.9. The lowest BCUT2D eigenvalue weighted by molar-refractivity contribution is 0.351. The Labute approximate surface area is 154 Å². The van der Waals surface area contributed by atoms with E-state index in [9.17, 15) is 8.42 Å². The molecule has 2 aromatic rings. The van der Waals surface area contributed by atoms with Crippen molar-refractivity contribution >= 4 is 16.1 Å². The zero-order valence-corrected chi connectivity index (χ0v) is 15.8. The molecule has 0 radical (unpaired) electrons. The molecule has 3 rings (SSSR count). The third kappa shape index (κ3) is 3.92. The molecule has 5 nitrogen and oxygen atoms in total. The largest absolute Gasteiger partial charge is 0.493 e. The minimum absolute atomic E-state index is 0.194. The van der Waals surface area contributed by atoms with Gasteiger partial charge in [-0.25, -0.2) is 8.42 Å². The van der Waals surface area contributed by atoms with Crippen LogP contribution in [0, 0.1) is 0 Å². The monoisotopic (exact) mass is 373 g/mol. The van der Waals surface area contributed by atoms with Gasteiger partial charge in [-0.3, -0.25) is 0 Å². The minimum Gasteiger partial charge on any atom is -0.493 e. The Morgan fingerprint density at radius 3 is 2.46 bits per heavy atom. The number of rotatable bonds is 6. The van der Waals surface area contributed by atoms with Gasteiger partial charge in [0.05, 0.1) is 20.3 Å². The molecule has 0 bridgehead atoms. The highest BCUT2D eigenvalue weighted by atomic mass is 32.2. The number of hydrogen-bond donors (Lipinski definition) is 0. The topological polar surface area (TPSA) is 55.8 Å². The SMILES string of the molecule is COc1ccc(C2CCCN2S(=O)(=O)C=Cc2ccccc2)cc1OC. The molecule has 6 heteroatoms. The van der Waals surface area contributed by atoms with Gasteiger partial charge in [0.1, 0.15) is 0 Å². The van der Waals surface area contributed by atoms with Crippen LogP contribution in [0.3, 0.4) is 0 Å². The smallest absolute Gasteiger partial charge is 0.236 e. The lowest BCUT2D eigenvalue weighted by Crippen LogP contribution is -2.28. The summed E-state index contributed by atoms with van der Waals surface area (Å²) in [5, 5.41) is 1.29. The first-order chi connectivity index (χ1) is 12.5. The fourth-order valence-electron chi connectivity index (χ4n) is 3.24. The van der Waals surface area contributed by atoms with Gasteiger partial charge in [-0.15, -0.1) is 0 Å². The van der Waals surface area contributed by atoms with Crippen LogP contribution in [0.5, 0.6) is 11.5 Å². The Bertz CT molecular complexity index is 878. The van der Waals surface area contributed by atoms with E-state index in [2.05, 4.69) is 0 Å². The van der Waals surface area contributed by atoms with Gasteiger partial charge in [0, 0.05) is 12.0 Å². The average molecular weight is 373 g/mol. The molecule has 138 valence electrons. The van der Waals surface area contributed by atoms with Gasteiger partial charge < -0.3 is 9.47 Å². The molecule has 0 aliphatic carbocycles. The van der Waals surface area contributed by atoms with E-state index in [0.29, 0.717) is 18.0 Å². The van der Waals surface area contributed by atoms with Gasteiger partial charge in [-0.05, 0) is 42.2 Å². The maximum atomic E-state index is 12.9. The number of methoxy groups -OCH3 is 2. The Hall–Kier alpha value is -2.31. The molecule has 2 aromatic carbocycles. The number of nitrogens with zero attached hydrogens (tertiary/aromatic N) is 1. The molecule has 26 heavy (non-hydrogen) atoms. The van der Waals surface area contributed by atoms with Crippen LogP contribution in [0.4, 0.5) is 0 Å². The zero-order valence-electron chi connectivity index (χ0n) is 15.0. The van der Waals surface area contributed by atoms with Crippen molar-refractivity contribution in [3.05, 3.63) is 65.1 Å². The van der Waals surface area contributed by atoms with Crippen molar-refractivity contribution in [2.75, 3.05) is 20.8 Å². The molecule has 0 spiro atoms. The van der Waals surface area contributed by atoms with E-state index in [1.165, 1.54) is 5.41 Å². The summed E-state index contributed by atoms with van der Waals surface area (Å²) in [6, 6.07) is 14.8. The first-order valence-electron chi connectivity index (χ1n) is 8.52. The van der Waals surface area contributed by atoms with Gasteiger partial charge >= 0.3 is 0 Å². The van der Waals surface area contributed by atoms with Gasteiger partial charge in [0.2, 0.25) is 10.0 Å². The third-order valence-electron chi connectivity index (χ3n) is 4.55. The van der Waals surface area contributed by atoms with Gasteiger partial charge in [0.15, 0.2) is 11.5 Å². The molecule has 1 atom stereocenters. The molecule has 1 heterocycles. The maximum Gasteiger partial charge on any atom is 0.236 e. The fraction of sp³-hybridized carbons (Fsp3) is 0.300. The first-order valence-corrected chi connectivity index (χ1v) is 10.0. The van der Waals surface area contributed by atoms with Crippen molar-refractivity contribution in [3.8, 4) is 11.5 Å². The molecular formula is C20H23NO4S. The van der Waals surface area contributed by atoms with E-state index in [1.807, 2.05) is 48.5 Å². The Kier molecular flexibility index (Phi) is 5.64. The highest BCUT2D eigenvalue weighted by Crippen LogP contribution is 2.38. The summed E-state index contributed by atoms with van der Waals surface area (Å²) >= 11 is 0. The second kappa shape index (κ2) is 7.93. The van der Waals surface area contributed by atoms with E-state index in [0.717, 1.165) is 24.0 Å². The second-order valence-corrected chi connectivity index (χ2v) is 7.91. The third-order valence-corrected chi connectivity index (χ3v) is 6.13. The van der Waals surface area contributed by atoms with Crippen molar-refractivity contribution in [2.24, 2.45) is 0 Å². The Morgan fingerprint density at radius 1 is 1.04 bits per heavy atom. The highest BCUT2D eigenvalue weighted by molar-refractivity contribution is 7.92. The van der Waals surface area contributed by atoms with E-state index < -0.39 is 10.0 Å². The second-order valence-electron chi connectivity index (χ2n) is 6.14. The lowest BCUT2D eigenvalue weighted by Gasteiger charge is -2.23. The van der Waals surface area contributed by atoms with E-state index in [4.69, 9.17) is 9.47 Å².